The van der Waals surface area contributed by atoms with Gasteiger partial charge in [-0.3, -0.25) is 0 Å². The number of hydrogen-bond donors (Lipinski definition) is 1. The van der Waals surface area contributed by atoms with Crippen molar-refractivity contribution in [2.45, 2.75) is 26.2 Å². The van der Waals surface area contributed by atoms with Gasteiger partial charge in [-0.2, -0.15) is 0 Å². The highest BCUT2D eigenvalue weighted by Gasteiger charge is 2.13. The van der Waals surface area contributed by atoms with Crippen LogP contribution in [0.15, 0.2) is 12.4 Å². The molecule has 1 aliphatic rings. The summed E-state index contributed by atoms with van der Waals surface area (Å²) in [6, 6.07) is 0. The Morgan fingerprint density at radius 3 is 2.61 bits per heavy atom. The molecule has 0 saturated carbocycles. The third-order valence-corrected chi connectivity index (χ3v) is 3.80. The predicted molar refractivity (Wildman–Crippen MR) is 82.7 cm³/mol. The van der Waals surface area contributed by atoms with Crippen molar-refractivity contribution < 1.29 is 0 Å². The lowest BCUT2D eigenvalue weighted by atomic mass is 10.1. The first-order chi connectivity index (χ1) is 8.74. The highest BCUT2D eigenvalue weighted by atomic mass is 127. The van der Waals surface area contributed by atoms with Crippen LogP contribution in [0, 0.1) is 9.49 Å². The molecule has 1 aromatic heterocycles. The Morgan fingerprint density at radius 1 is 1.28 bits per heavy atom. The molecule has 0 amide bonds. The van der Waals surface area contributed by atoms with Gasteiger partial charge < -0.3 is 10.2 Å². The van der Waals surface area contributed by atoms with Crippen molar-refractivity contribution in [3.63, 3.8) is 0 Å². The van der Waals surface area contributed by atoms with Gasteiger partial charge >= 0.3 is 0 Å². The zero-order valence-corrected chi connectivity index (χ0v) is 13.1. The van der Waals surface area contributed by atoms with Gasteiger partial charge in [0.05, 0.1) is 0 Å². The van der Waals surface area contributed by atoms with Crippen LogP contribution >= 0.6 is 22.6 Å². The standard InChI is InChI=1S/C13H21IN4/c1-11(10-18-5-3-2-4-6-18)7-15-13-16-8-12(14)9-17-13/h8-9,11H,2-7,10H2,1H3,(H,15,16,17). The number of nitrogens with zero attached hydrogens (tertiary/aromatic N) is 3. The van der Waals surface area contributed by atoms with E-state index >= 15 is 0 Å². The molecule has 0 spiro atoms. The van der Waals surface area contributed by atoms with E-state index in [0.29, 0.717) is 5.92 Å². The van der Waals surface area contributed by atoms with Crippen molar-refractivity contribution in [2.75, 3.05) is 31.5 Å². The van der Waals surface area contributed by atoms with Gasteiger partial charge in [0.1, 0.15) is 0 Å². The Balaban J connectivity index is 1.70. The maximum absolute atomic E-state index is 4.25. The highest BCUT2D eigenvalue weighted by Crippen LogP contribution is 2.11. The van der Waals surface area contributed by atoms with Gasteiger partial charge in [-0.25, -0.2) is 9.97 Å². The topological polar surface area (TPSA) is 41.1 Å². The van der Waals surface area contributed by atoms with Gasteiger partial charge in [-0.15, -0.1) is 0 Å². The van der Waals surface area contributed by atoms with E-state index in [4.69, 9.17) is 0 Å². The number of piperidine rings is 1. The molecule has 2 heterocycles. The predicted octanol–water partition coefficient (Wildman–Crippen LogP) is 2.62. The van der Waals surface area contributed by atoms with Crippen LogP contribution in [0.5, 0.6) is 0 Å². The highest BCUT2D eigenvalue weighted by molar-refractivity contribution is 14.1. The Labute approximate surface area is 123 Å². The van der Waals surface area contributed by atoms with E-state index in [1.165, 1.54) is 38.9 Å². The molecule has 2 rings (SSSR count). The maximum atomic E-state index is 4.25. The second-order valence-electron chi connectivity index (χ2n) is 5.07. The molecule has 1 N–H and O–H groups in total. The van der Waals surface area contributed by atoms with E-state index in [0.717, 1.165) is 16.1 Å². The minimum atomic E-state index is 0.631. The summed E-state index contributed by atoms with van der Waals surface area (Å²) in [5, 5.41) is 3.31. The normalized spacial score (nSPS) is 18.6. The van der Waals surface area contributed by atoms with E-state index in [2.05, 4.69) is 49.7 Å². The first-order valence-corrected chi connectivity index (χ1v) is 7.75. The van der Waals surface area contributed by atoms with Gasteiger partial charge in [0.25, 0.3) is 0 Å². The number of likely N-dealkylation sites (tertiary alicyclic amines) is 1. The Bertz CT molecular complexity index is 349. The number of rotatable bonds is 5. The SMILES string of the molecule is CC(CNc1ncc(I)cn1)CN1CCCCC1. The van der Waals surface area contributed by atoms with Crippen LogP contribution in [-0.2, 0) is 0 Å². The Morgan fingerprint density at radius 2 is 1.94 bits per heavy atom. The van der Waals surface area contributed by atoms with Crippen molar-refractivity contribution in [3.8, 4) is 0 Å². The summed E-state index contributed by atoms with van der Waals surface area (Å²) < 4.78 is 1.07. The molecule has 1 saturated heterocycles. The molecule has 0 aliphatic carbocycles. The minimum absolute atomic E-state index is 0.631. The van der Waals surface area contributed by atoms with Crippen LogP contribution in [0.1, 0.15) is 26.2 Å². The smallest absolute Gasteiger partial charge is 0.222 e. The van der Waals surface area contributed by atoms with E-state index in [1.807, 2.05) is 12.4 Å². The van der Waals surface area contributed by atoms with Crippen LogP contribution in [0.3, 0.4) is 0 Å². The molecule has 5 heteroatoms. The molecule has 1 fully saturated rings. The molecule has 1 atom stereocenters. The van der Waals surface area contributed by atoms with Crippen LogP contribution in [-0.4, -0.2) is 41.0 Å². The molecule has 1 aliphatic heterocycles. The summed E-state index contributed by atoms with van der Waals surface area (Å²) in [7, 11) is 0. The third kappa shape index (κ3) is 4.68. The van der Waals surface area contributed by atoms with E-state index in [9.17, 15) is 0 Å². The molecule has 4 nitrogen and oxygen atoms in total. The molecule has 1 unspecified atom stereocenters. The number of anilines is 1. The van der Waals surface area contributed by atoms with Crippen molar-refractivity contribution in [3.05, 3.63) is 16.0 Å². The van der Waals surface area contributed by atoms with Crippen LogP contribution < -0.4 is 5.32 Å². The average Bonchev–Trinajstić information content (AvgIpc) is 2.39. The van der Waals surface area contributed by atoms with Crippen LogP contribution in [0.25, 0.3) is 0 Å². The van der Waals surface area contributed by atoms with Crippen molar-refractivity contribution in [1.29, 1.82) is 0 Å². The molecule has 18 heavy (non-hydrogen) atoms. The zero-order valence-electron chi connectivity index (χ0n) is 10.9. The van der Waals surface area contributed by atoms with Crippen molar-refractivity contribution in [1.82, 2.24) is 14.9 Å². The monoisotopic (exact) mass is 360 g/mol. The molecule has 0 aromatic carbocycles. The Hall–Kier alpha value is -0.430. The second-order valence-corrected chi connectivity index (χ2v) is 6.32. The van der Waals surface area contributed by atoms with E-state index in [1.54, 1.807) is 0 Å². The summed E-state index contributed by atoms with van der Waals surface area (Å²) in [6.45, 7) is 6.94. The first kappa shape index (κ1) is 14.0. The summed E-state index contributed by atoms with van der Waals surface area (Å²) >= 11 is 2.22. The number of nitrogens with one attached hydrogen (secondary N) is 1. The minimum Gasteiger partial charge on any atom is -0.354 e. The third-order valence-electron chi connectivity index (χ3n) is 3.25. The van der Waals surface area contributed by atoms with E-state index < -0.39 is 0 Å². The second kappa shape index (κ2) is 7.23. The van der Waals surface area contributed by atoms with Gasteiger partial charge in [0.15, 0.2) is 0 Å². The van der Waals surface area contributed by atoms with Gasteiger partial charge in [0, 0.05) is 29.1 Å². The summed E-state index contributed by atoms with van der Waals surface area (Å²) in [5.74, 6) is 1.37. The van der Waals surface area contributed by atoms with Gasteiger partial charge in [0.2, 0.25) is 5.95 Å². The molecular formula is C13H21IN4. The van der Waals surface area contributed by atoms with Crippen molar-refractivity contribution in [2.24, 2.45) is 5.92 Å². The summed E-state index contributed by atoms with van der Waals surface area (Å²) in [6.07, 6.45) is 7.80. The Kier molecular flexibility index (Phi) is 5.62. The molecular weight excluding hydrogens is 339 g/mol. The number of hydrogen-bond acceptors (Lipinski definition) is 4. The average molecular weight is 360 g/mol. The number of halogens is 1. The quantitative estimate of drug-likeness (QED) is 0.820. The largest absolute Gasteiger partial charge is 0.354 e. The summed E-state index contributed by atoms with van der Waals surface area (Å²) in [5.41, 5.74) is 0. The van der Waals surface area contributed by atoms with E-state index in [-0.39, 0.29) is 0 Å². The fraction of sp³-hybridized carbons (Fsp3) is 0.692. The van der Waals surface area contributed by atoms with Gasteiger partial charge in [-0.1, -0.05) is 13.3 Å². The van der Waals surface area contributed by atoms with Crippen molar-refractivity contribution >= 4 is 28.5 Å². The molecule has 0 radical (unpaired) electrons. The molecule has 1 aromatic rings. The van der Waals surface area contributed by atoms with Crippen LogP contribution in [0.4, 0.5) is 5.95 Å². The van der Waals surface area contributed by atoms with Crippen LogP contribution in [0.2, 0.25) is 0 Å². The molecule has 0 bridgehead atoms. The number of aromatic nitrogens is 2. The maximum Gasteiger partial charge on any atom is 0.222 e. The fourth-order valence-corrected chi connectivity index (χ4v) is 2.59. The fourth-order valence-electron chi connectivity index (χ4n) is 2.32. The molecule has 100 valence electrons. The lowest BCUT2D eigenvalue weighted by Crippen LogP contribution is -2.35. The summed E-state index contributed by atoms with van der Waals surface area (Å²) in [4.78, 5) is 11.1. The lowest BCUT2D eigenvalue weighted by molar-refractivity contribution is 0.204. The first-order valence-electron chi connectivity index (χ1n) is 6.68. The lowest BCUT2D eigenvalue weighted by Gasteiger charge is -2.29. The zero-order chi connectivity index (χ0) is 12.8. The van der Waals surface area contributed by atoms with Gasteiger partial charge in [-0.05, 0) is 54.4 Å².